The third kappa shape index (κ3) is 9.12. The molecule has 0 rings (SSSR count). The minimum atomic E-state index is -1.43. The van der Waals surface area contributed by atoms with E-state index in [1.807, 2.05) is 0 Å². The van der Waals surface area contributed by atoms with Crippen molar-refractivity contribution in [1.29, 1.82) is 0 Å². The topological polar surface area (TPSA) is 126 Å². The maximum Gasteiger partial charge on any atom is 0.434 e. The van der Waals surface area contributed by atoms with Gasteiger partial charge in [0.15, 0.2) is 0 Å². The highest BCUT2D eigenvalue weighted by Gasteiger charge is 2.17. The normalized spacial score (nSPS) is 11.9. The van der Waals surface area contributed by atoms with E-state index in [0.29, 0.717) is 0 Å². The number of rotatable bonds is 2. The van der Waals surface area contributed by atoms with Crippen LogP contribution in [0.3, 0.4) is 0 Å². The first-order chi connectivity index (χ1) is 7.74. The number of nitrogens with two attached hydrogens (primary N) is 1. The summed E-state index contributed by atoms with van der Waals surface area (Å²) in [4.78, 5) is 24.9. The van der Waals surface area contributed by atoms with Crippen molar-refractivity contribution in [2.24, 2.45) is 10.7 Å². The Morgan fingerprint density at radius 3 is 2.41 bits per heavy atom. The maximum absolute atomic E-state index is 11.3. The highest BCUT2D eigenvalue weighted by Crippen LogP contribution is 2.06. The number of hydrogen-bond acceptors (Lipinski definition) is 4. The van der Waals surface area contributed by atoms with E-state index < -0.39 is 17.8 Å². The van der Waals surface area contributed by atoms with Gasteiger partial charge in [-0.3, -0.25) is 5.32 Å². The zero-order chi connectivity index (χ0) is 13.5. The van der Waals surface area contributed by atoms with Gasteiger partial charge >= 0.3 is 12.2 Å². The van der Waals surface area contributed by atoms with E-state index in [9.17, 15) is 9.59 Å². The summed E-state index contributed by atoms with van der Waals surface area (Å²) in [5.74, 6) is -0.211. The Balaban J connectivity index is 4.43. The summed E-state index contributed by atoms with van der Waals surface area (Å²) < 4.78 is 4.93. The minimum absolute atomic E-state index is 0.211. The minimum Gasteiger partial charge on any atom is -0.463 e. The lowest BCUT2D eigenvalue weighted by atomic mass is 10.2. The molecule has 98 valence electrons. The molecule has 0 aromatic rings. The number of hydrogen-bond donors (Lipinski definition) is 4. The van der Waals surface area contributed by atoms with Crippen LogP contribution in [0.15, 0.2) is 4.99 Å². The second-order valence-electron chi connectivity index (χ2n) is 4.09. The summed E-state index contributed by atoms with van der Waals surface area (Å²) in [6.07, 6.45) is -2.22. The number of ether oxygens (including phenoxy) is 1. The van der Waals surface area contributed by atoms with Crippen molar-refractivity contribution in [3.05, 3.63) is 0 Å². The van der Waals surface area contributed by atoms with Gasteiger partial charge in [0.25, 0.3) is 0 Å². The largest absolute Gasteiger partial charge is 0.463 e. The zero-order valence-electron chi connectivity index (χ0n) is 10.1. The summed E-state index contributed by atoms with van der Waals surface area (Å²) in [5, 5.41) is 13.2. The van der Waals surface area contributed by atoms with Gasteiger partial charge in [-0.05, 0) is 20.8 Å². The molecule has 0 aromatic carbocycles. The Kier molecular flexibility index (Phi) is 5.97. The van der Waals surface area contributed by atoms with Crippen LogP contribution in [0.2, 0.25) is 0 Å². The summed E-state index contributed by atoms with van der Waals surface area (Å²) in [6.45, 7) is 5.62. The molecule has 8 heteroatoms. The second kappa shape index (κ2) is 6.69. The van der Waals surface area contributed by atoms with Gasteiger partial charge in [0.05, 0.1) is 0 Å². The standard InChI is InChI=1S/C9H18N4O4/c1-9(2,3)17-8(16)13-6(11-5-4-10)12-7(14)15/h4-5,10H2,1-3H3,(H,14,15)(H2,11,12,13,16). The number of alkyl carbamates (subject to hydrolysis) is 1. The molecule has 0 bridgehead atoms. The van der Waals surface area contributed by atoms with E-state index >= 15 is 0 Å². The molecule has 8 nitrogen and oxygen atoms in total. The fourth-order valence-corrected chi connectivity index (χ4v) is 0.798. The van der Waals surface area contributed by atoms with Crippen molar-refractivity contribution >= 4 is 18.1 Å². The number of carboxylic acid groups (broad SMARTS) is 1. The number of carbonyl (C=O) groups is 2. The molecule has 0 radical (unpaired) electrons. The Morgan fingerprint density at radius 1 is 1.41 bits per heavy atom. The molecule has 2 amide bonds. The first-order valence-corrected chi connectivity index (χ1v) is 5.00. The number of amides is 2. The van der Waals surface area contributed by atoms with E-state index in [1.165, 1.54) is 0 Å². The molecule has 0 saturated carbocycles. The summed E-state index contributed by atoms with van der Waals surface area (Å²) in [7, 11) is 0. The molecule has 0 atom stereocenters. The lowest BCUT2D eigenvalue weighted by molar-refractivity contribution is 0.0561. The van der Waals surface area contributed by atoms with Gasteiger partial charge in [0, 0.05) is 13.1 Å². The summed E-state index contributed by atoms with van der Waals surface area (Å²) in [6, 6.07) is 0. The highest BCUT2D eigenvalue weighted by atomic mass is 16.6. The molecule has 17 heavy (non-hydrogen) atoms. The van der Waals surface area contributed by atoms with E-state index in [1.54, 1.807) is 20.8 Å². The number of nitrogens with one attached hydrogen (secondary N) is 2. The van der Waals surface area contributed by atoms with Crippen LogP contribution in [0.1, 0.15) is 20.8 Å². The Labute approximate surface area is 99.2 Å². The van der Waals surface area contributed by atoms with Crippen molar-refractivity contribution in [2.45, 2.75) is 26.4 Å². The Bertz CT molecular complexity index is 309. The van der Waals surface area contributed by atoms with Crippen LogP contribution in [-0.2, 0) is 4.74 Å². The maximum atomic E-state index is 11.3. The molecule has 0 aliphatic carbocycles. The third-order valence-corrected chi connectivity index (χ3v) is 1.26. The van der Waals surface area contributed by atoms with E-state index in [0.717, 1.165) is 0 Å². The molecule has 0 heterocycles. The zero-order valence-corrected chi connectivity index (χ0v) is 10.1. The van der Waals surface area contributed by atoms with Crippen molar-refractivity contribution in [2.75, 3.05) is 13.1 Å². The van der Waals surface area contributed by atoms with Crippen LogP contribution in [0.25, 0.3) is 0 Å². The molecular weight excluding hydrogens is 228 g/mol. The SMILES string of the molecule is CC(C)(C)OC(=O)N/C(=N\C(=O)O)NCCN. The molecular formula is C9H18N4O4. The highest BCUT2D eigenvalue weighted by molar-refractivity contribution is 5.98. The molecule has 0 aliphatic rings. The summed E-state index contributed by atoms with van der Waals surface area (Å²) in [5.41, 5.74) is 4.56. The van der Waals surface area contributed by atoms with Gasteiger partial charge in [-0.1, -0.05) is 0 Å². The first kappa shape index (κ1) is 15.2. The second-order valence-corrected chi connectivity index (χ2v) is 4.09. The first-order valence-electron chi connectivity index (χ1n) is 5.00. The van der Waals surface area contributed by atoms with Gasteiger partial charge in [0.1, 0.15) is 5.60 Å². The average molecular weight is 246 g/mol. The molecule has 0 aliphatic heterocycles. The quantitative estimate of drug-likeness (QED) is 0.404. The van der Waals surface area contributed by atoms with Crippen molar-refractivity contribution in [1.82, 2.24) is 10.6 Å². The predicted molar refractivity (Wildman–Crippen MR) is 61.9 cm³/mol. The van der Waals surface area contributed by atoms with Crippen LogP contribution >= 0.6 is 0 Å². The molecule has 0 unspecified atom stereocenters. The number of guanidine groups is 1. The lowest BCUT2D eigenvalue weighted by Crippen LogP contribution is -2.45. The van der Waals surface area contributed by atoms with Gasteiger partial charge in [-0.25, -0.2) is 9.59 Å². The number of aliphatic imine (C=N–C) groups is 1. The smallest absolute Gasteiger partial charge is 0.434 e. The van der Waals surface area contributed by atoms with Crippen LogP contribution in [0, 0.1) is 0 Å². The van der Waals surface area contributed by atoms with Crippen LogP contribution in [0.4, 0.5) is 9.59 Å². The fourth-order valence-electron chi connectivity index (χ4n) is 0.798. The van der Waals surface area contributed by atoms with Crippen molar-refractivity contribution in [3.63, 3.8) is 0 Å². The van der Waals surface area contributed by atoms with Gasteiger partial charge in [-0.2, -0.15) is 0 Å². The van der Waals surface area contributed by atoms with Gasteiger partial charge < -0.3 is 20.9 Å². The third-order valence-electron chi connectivity index (χ3n) is 1.26. The lowest BCUT2D eigenvalue weighted by Gasteiger charge is -2.20. The molecule has 0 fully saturated rings. The van der Waals surface area contributed by atoms with Crippen LogP contribution < -0.4 is 16.4 Å². The van der Waals surface area contributed by atoms with Crippen molar-refractivity contribution < 1.29 is 19.4 Å². The summed E-state index contributed by atoms with van der Waals surface area (Å²) >= 11 is 0. The van der Waals surface area contributed by atoms with Crippen LogP contribution in [-0.4, -0.2) is 41.9 Å². The molecule has 0 aromatic heterocycles. The molecule has 0 saturated heterocycles. The monoisotopic (exact) mass is 246 g/mol. The van der Waals surface area contributed by atoms with E-state index in [4.69, 9.17) is 15.6 Å². The van der Waals surface area contributed by atoms with E-state index in [-0.39, 0.29) is 19.0 Å². The predicted octanol–water partition coefficient (Wildman–Crippen LogP) is 0.0934. The fraction of sp³-hybridized carbons (Fsp3) is 0.667. The average Bonchev–Trinajstić information content (AvgIpc) is 2.09. The van der Waals surface area contributed by atoms with Gasteiger partial charge in [-0.15, -0.1) is 4.99 Å². The Hall–Kier alpha value is -1.83. The Morgan fingerprint density at radius 2 is 2.00 bits per heavy atom. The molecule has 5 N–H and O–H groups in total. The molecule has 0 spiro atoms. The number of carbonyl (C=O) groups excluding carboxylic acids is 1. The number of nitrogens with zero attached hydrogens (tertiary/aromatic N) is 1. The van der Waals surface area contributed by atoms with Gasteiger partial charge in [0.2, 0.25) is 5.96 Å². The van der Waals surface area contributed by atoms with Crippen LogP contribution in [0.5, 0.6) is 0 Å². The van der Waals surface area contributed by atoms with Crippen molar-refractivity contribution in [3.8, 4) is 0 Å². The van der Waals surface area contributed by atoms with E-state index in [2.05, 4.69) is 15.6 Å².